The number of carbonyl (C=O) groups excluding carboxylic acids is 1. The van der Waals surface area contributed by atoms with Crippen molar-refractivity contribution >= 4 is 33.3 Å². The minimum atomic E-state index is 0.0102. The minimum absolute atomic E-state index is 0.0102. The molecule has 0 unspecified atom stereocenters. The molecule has 6 heteroatoms. The Labute approximate surface area is 176 Å². The Kier molecular flexibility index (Phi) is 6.09. The monoisotopic (exact) mass is 408 g/mol. The van der Waals surface area contributed by atoms with Crippen molar-refractivity contribution in [2.24, 2.45) is 5.92 Å². The summed E-state index contributed by atoms with van der Waals surface area (Å²) in [5.74, 6) is 1.14. The van der Waals surface area contributed by atoms with Gasteiger partial charge < -0.3 is 10.2 Å². The molecular weight excluding hydrogens is 380 g/mol. The number of amides is 1. The van der Waals surface area contributed by atoms with Gasteiger partial charge in [0.05, 0.1) is 11.3 Å². The first-order valence-corrected chi connectivity index (χ1v) is 11.3. The van der Waals surface area contributed by atoms with Gasteiger partial charge in [-0.3, -0.25) is 4.79 Å². The van der Waals surface area contributed by atoms with Crippen molar-refractivity contribution in [2.45, 2.75) is 39.5 Å². The van der Waals surface area contributed by atoms with Crippen molar-refractivity contribution < 1.29 is 4.79 Å². The highest BCUT2D eigenvalue weighted by Gasteiger charge is 2.27. The molecule has 0 aliphatic carbocycles. The van der Waals surface area contributed by atoms with E-state index < -0.39 is 0 Å². The Morgan fingerprint density at radius 2 is 2.10 bits per heavy atom. The average Bonchev–Trinajstić information content (AvgIpc) is 3.18. The maximum absolute atomic E-state index is 12.8. The second-order valence-electron chi connectivity index (χ2n) is 7.79. The summed E-state index contributed by atoms with van der Waals surface area (Å²) in [6.45, 7) is 6.59. The Morgan fingerprint density at radius 1 is 1.28 bits per heavy atom. The SMILES string of the molecule is CCc1cc2c(N3CCC[C@@H](C(=O)NCCc4ccc(C)cc4)C3)ncnc2s1. The van der Waals surface area contributed by atoms with Crippen molar-refractivity contribution in [3.05, 3.63) is 52.7 Å². The third-order valence-electron chi connectivity index (χ3n) is 5.63. The third kappa shape index (κ3) is 4.58. The molecule has 1 amide bonds. The number of carbonyl (C=O) groups is 1. The van der Waals surface area contributed by atoms with E-state index in [0.717, 1.165) is 54.8 Å². The molecule has 3 aromatic rings. The van der Waals surface area contributed by atoms with Crippen LogP contribution in [0.4, 0.5) is 5.82 Å². The lowest BCUT2D eigenvalue weighted by molar-refractivity contribution is -0.125. The fourth-order valence-electron chi connectivity index (χ4n) is 3.93. The van der Waals surface area contributed by atoms with E-state index in [-0.39, 0.29) is 11.8 Å². The summed E-state index contributed by atoms with van der Waals surface area (Å²) in [5, 5.41) is 4.26. The Hall–Kier alpha value is -2.47. The number of fused-ring (bicyclic) bond motifs is 1. The predicted octanol–water partition coefficient (Wildman–Crippen LogP) is 4.14. The highest BCUT2D eigenvalue weighted by molar-refractivity contribution is 7.18. The predicted molar refractivity (Wildman–Crippen MR) is 120 cm³/mol. The molecule has 5 nitrogen and oxygen atoms in total. The van der Waals surface area contributed by atoms with Gasteiger partial charge in [-0.15, -0.1) is 11.3 Å². The molecule has 1 N–H and O–H groups in total. The lowest BCUT2D eigenvalue weighted by atomic mass is 9.97. The molecule has 2 aromatic heterocycles. The van der Waals surface area contributed by atoms with Gasteiger partial charge in [0.15, 0.2) is 0 Å². The fourth-order valence-corrected chi connectivity index (χ4v) is 4.86. The van der Waals surface area contributed by atoms with Crippen molar-refractivity contribution in [3.63, 3.8) is 0 Å². The molecule has 0 radical (unpaired) electrons. The van der Waals surface area contributed by atoms with Crippen LogP contribution < -0.4 is 10.2 Å². The minimum Gasteiger partial charge on any atom is -0.355 e. The summed E-state index contributed by atoms with van der Waals surface area (Å²) in [7, 11) is 0. The highest BCUT2D eigenvalue weighted by atomic mass is 32.1. The van der Waals surface area contributed by atoms with Crippen molar-refractivity contribution in [1.29, 1.82) is 0 Å². The van der Waals surface area contributed by atoms with Gasteiger partial charge in [-0.1, -0.05) is 36.8 Å². The van der Waals surface area contributed by atoms with E-state index in [9.17, 15) is 4.79 Å². The van der Waals surface area contributed by atoms with Crippen LogP contribution >= 0.6 is 11.3 Å². The normalized spacial score (nSPS) is 16.9. The van der Waals surface area contributed by atoms with Gasteiger partial charge in [-0.2, -0.15) is 0 Å². The van der Waals surface area contributed by atoms with Crippen LogP contribution in [-0.4, -0.2) is 35.5 Å². The third-order valence-corrected chi connectivity index (χ3v) is 6.82. The molecule has 4 rings (SSSR count). The fraction of sp³-hybridized carbons (Fsp3) is 0.435. The molecule has 0 bridgehead atoms. The molecule has 1 aromatic carbocycles. The van der Waals surface area contributed by atoms with Crippen LogP contribution in [0.3, 0.4) is 0 Å². The number of hydrogen-bond donors (Lipinski definition) is 1. The number of anilines is 1. The maximum Gasteiger partial charge on any atom is 0.224 e. The molecule has 1 atom stereocenters. The number of benzene rings is 1. The van der Waals surface area contributed by atoms with Crippen molar-refractivity contribution in [3.8, 4) is 0 Å². The van der Waals surface area contributed by atoms with E-state index in [1.807, 2.05) is 0 Å². The van der Waals surface area contributed by atoms with Gasteiger partial charge in [0.2, 0.25) is 5.91 Å². The Balaban J connectivity index is 1.38. The second kappa shape index (κ2) is 8.91. The first kappa shape index (κ1) is 19.8. The van der Waals surface area contributed by atoms with Crippen molar-refractivity contribution in [1.82, 2.24) is 15.3 Å². The van der Waals surface area contributed by atoms with Crippen molar-refractivity contribution in [2.75, 3.05) is 24.5 Å². The zero-order valence-electron chi connectivity index (χ0n) is 17.1. The van der Waals surface area contributed by atoms with E-state index in [2.05, 4.69) is 64.4 Å². The van der Waals surface area contributed by atoms with Gasteiger partial charge >= 0.3 is 0 Å². The lowest BCUT2D eigenvalue weighted by Crippen LogP contribution is -2.43. The maximum atomic E-state index is 12.8. The molecular formula is C23H28N4OS. The van der Waals surface area contributed by atoms with Crippen LogP contribution in [-0.2, 0) is 17.6 Å². The number of rotatable bonds is 6. The zero-order chi connectivity index (χ0) is 20.2. The molecule has 29 heavy (non-hydrogen) atoms. The lowest BCUT2D eigenvalue weighted by Gasteiger charge is -2.33. The first-order valence-electron chi connectivity index (χ1n) is 10.5. The molecule has 1 saturated heterocycles. The molecule has 1 aliphatic heterocycles. The quantitative estimate of drug-likeness (QED) is 0.666. The molecule has 152 valence electrons. The highest BCUT2D eigenvalue weighted by Crippen LogP contribution is 2.32. The summed E-state index contributed by atoms with van der Waals surface area (Å²) in [4.78, 5) is 26.4. The van der Waals surface area contributed by atoms with Gasteiger partial charge in [-0.25, -0.2) is 9.97 Å². The van der Waals surface area contributed by atoms with Crippen LogP contribution in [0.1, 0.15) is 35.8 Å². The summed E-state index contributed by atoms with van der Waals surface area (Å²) >= 11 is 1.74. The number of aryl methyl sites for hydroxylation is 2. The van der Waals surface area contributed by atoms with Crippen LogP contribution in [0.2, 0.25) is 0 Å². The number of piperidine rings is 1. The number of nitrogens with one attached hydrogen (secondary N) is 1. The van der Waals surface area contributed by atoms with Gasteiger partial charge in [0.25, 0.3) is 0 Å². The molecule has 1 fully saturated rings. The number of hydrogen-bond acceptors (Lipinski definition) is 5. The van der Waals surface area contributed by atoms with Gasteiger partial charge in [-0.05, 0) is 44.2 Å². The smallest absolute Gasteiger partial charge is 0.224 e. The van der Waals surface area contributed by atoms with Crippen LogP contribution in [0, 0.1) is 12.8 Å². The van der Waals surface area contributed by atoms with E-state index in [1.54, 1.807) is 17.7 Å². The van der Waals surface area contributed by atoms with E-state index in [1.165, 1.54) is 16.0 Å². The summed E-state index contributed by atoms with van der Waals surface area (Å²) in [5.41, 5.74) is 2.52. The molecule has 3 heterocycles. The molecule has 1 aliphatic rings. The summed E-state index contributed by atoms with van der Waals surface area (Å²) < 4.78 is 0. The van der Waals surface area contributed by atoms with E-state index in [4.69, 9.17) is 0 Å². The van der Waals surface area contributed by atoms with Gasteiger partial charge in [0, 0.05) is 24.5 Å². The largest absolute Gasteiger partial charge is 0.355 e. The van der Waals surface area contributed by atoms with Crippen LogP contribution in [0.5, 0.6) is 0 Å². The molecule has 0 spiro atoms. The summed E-state index contributed by atoms with van der Waals surface area (Å²) in [6, 6.07) is 10.7. The number of aromatic nitrogens is 2. The topological polar surface area (TPSA) is 58.1 Å². The summed E-state index contributed by atoms with van der Waals surface area (Å²) in [6.07, 6.45) is 5.46. The number of thiophene rings is 1. The second-order valence-corrected chi connectivity index (χ2v) is 8.91. The Morgan fingerprint density at radius 3 is 2.90 bits per heavy atom. The van der Waals surface area contributed by atoms with E-state index in [0.29, 0.717) is 6.54 Å². The number of nitrogens with zero attached hydrogens (tertiary/aromatic N) is 3. The Bertz CT molecular complexity index is 982. The first-order chi connectivity index (χ1) is 14.1. The van der Waals surface area contributed by atoms with E-state index >= 15 is 0 Å². The average molecular weight is 409 g/mol. The zero-order valence-corrected chi connectivity index (χ0v) is 18.0. The van der Waals surface area contributed by atoms with Crippen LogP contribution in [0.25, 0.3) is 10.2 Å². The van der Waals surface area contributed by atoms with Gasteiger partial charge in [0.1, 0.15) is 17.0 Å². The van der Waals surface area contributed by atoms with Crippen LogP contribution in [0.15, 0.2) is 36.7 Å². The standard InChI is InChI=1S/C23H28N4OS/c1-3-19-13-20-21(25-15-26-23(20)29-19)27-12-4-5-18(14-27)22(28)24-11-10-17-8-6-16(2)7-9-17/h6-9,13,15,18H,3-5,10-12,14H2,1-2H3,(H,24,28)/t18-/m1/s1. The molecule has 0 saturated carbocycles.